The fraction of sp³-hybridized carbons (Fsp3) is 0.333. The van der Waals surface area contributed by atoms with Crippen molar-refractivity contribution in [1.82, 2.24) is 0 Å². The van der Waals surface area contributed by atoms with E-state index >= 15 is 0 Å². The number of nitrogens with zero attached hydrogens (tertiary/aromatic N) is 2. The monoisotopic (exact) mass is 578 g/mol. The smallest absolute Gasteiger partial charge is 0.298 e. The van der Waals surface area contributed by atoms with Gasteiger partial charge in [0.2, 0.25) is 0 Å². The molecule has 0 atom stereocenters. The topological polar surface area (TPSA) is 156 Å². The maximum Gasteiger partial charge on any atom is 0.298 e. The summed E-state index contributed by atoms with van der Waals surface area (Å²) >= 11 is 0. The number of rotatable bonds is 11. The molecule has 0 bridgehead atoms. The first kappa shape index (κ1) is 30.4. The summed E-state index contributed by atoms with van der Waals surface area (Å²) in [7, 11) is -10.2. The lowest BCUT2D eigenvalue weighted by atomic mass is 9.80. The molecule has 0 unspecified atom stereocenters. The van der Waals surface area contributed by atoms with Crippen molar-refractivity contribution in [3.8, 4) is 5.75 Å². The van der Waals surface area contributed by atoms with Crippen LogP contribution in [0, 0.1) is 0 Å². The molecule has 0 fully saturated rings. The summed E-state index contributed by atoms with van der Waals surface area (Å²) in [5.41, 5.74) is -0.689. The standard InChI is InChI=1S/C27H34N2O8S2/c1-5-28(6-2)21-13-9-19(10-14-21)27(31,20-11-15-22(16-12-20)29(7-3)8-4)23-17-24(30)26(39(35,36)37)18-25(23)38(32,33)34/h9-18,30-31H,5-8H2,1-4H3,(H,32,33,34)(H,35,36,37). The van der Waals surface area contributed by atoms with Gasteiger partial charge in [-0.2, -0.15) is 16.8 Å². The molecule has 0 saturated carbocycles. The molecular weight excluding hydrogens is 544 g/mol. The molecule has 212 valence electrons. The van der Waals surface area contributed by atoms with Crippen LogP contribution in [0.25, 0.3) is 0 Å². The van der Waals surface area contributed by atoms with Gasteiger partial charge in [-0.05, 0) is 75.2 Å². The fourth-order valence-electron chi connectivity index (χ4n) is 4.73. The second-order valence-corrected chi connectivity index (χ2v) is 11.7. The fourth-order valence-corrected chi connectivity index (χ4v) is 6.15. The summed E-state index contributed by atoms with van der Waals surface area (Å²) in [6, 6.07) is 14.5. The van der Waals surface area contributed by atoms with Crippen LogP contribution >= 0.6 is 0 Å². The van der Waals surface area contributed by atoms with Gasteiger partial charge in [-0.15, -0.1) is 0 Å². The highest BCUT2D eigenvalue weighted by Crippen LogP contribution is 2.43. The van der Waals surface area contributed by atoms with E-state index < -0.39 is 46.9 Å². The van der Waals surface area contributed by atoms with Gasteiger partial charge in [-0.1, -0.05) is 24.3 Å². The van der Waals surface area contributed by atoms with Crippen LogP contribution in [0.15, 0.2) is 70.5 Å². The molecular formula is C27H34N2O8S2. The van der Waals surface area contributed by atoms with Gasteiger partial charge >= 0.3 is 0 Å². The minimum Gasteiger partial charge on any atom is -0.506 e. The van der Waals surface area contributed by atoms with E-state index in [9.17, 15) is 36.2 Å². The molecule has 39 heavy (non-hydrogen) atoms. The van der Waals surface area contributed by atoms with Gasteiger partial charge in [0.1, 0.15) is 21.1 Å². The predicted molar refractivity (Wildman–Crippen MR) is 150 cm³/mol. The Bertz CT molecular complexity index is 1460. The Morgan fingerprint density at radius 3 is 1.31 bits per heavy atom. The van der Waals surface area contributed by atoms with Gasteiger partial charge in [0.15, 0.2) is 0 Å². The number of benzene rings is 3. The molecule has 3 rings (SSSR count). The minimum absolute atomic E-state index is 0.193. The molecule has 0 aliphatic rings. The summed E-state index contributed by atoms with van der Waals surface area (Å²) < 4.78 is 68.1. The largest absolute Gasteiger partial charge is 0.506 e. The van der Waals surface area contributed by atoms with Crippen LogP contribution in [0.5, 0.6) is 5.75 Å². The highest BCUT2D eigenvalue weighted by Gasteiger charge is 2.40. The molecule has 0 spiro atoms. The highest BCUT2D eigenvalue weighted by molar-refractivity contribution is 7.86. The number of hydrogen-bond donors (Lipinski definition) is 4. The van der Waals surface area contributed by atoms with Gasteiger partial charge in [-0.3, -0.25) is 9.11 Å². The third kappa shape index (κ3) is 6.04. The van der Waals surface area contributed by atoms with E-state index in [1.54, 1.807) is 48.5 Å². The van der Waals surface area contributed by atoms with Crippen molar-refractivity contribution in [2.24, 2.45) is 0 Å². The summed E-state index contributed by atoms with van der Waals surface area (Å²) in [4.78, 5) is 2.02. The first-order valence-electron chi connectivity index (χ1n) is 12.5. The molecule has 0 aliphatic carbocycles. The highest BCUT2D eigenvalue weighted by atomic mass is 32.2. The third-order valence-electron chi connectivity index (χ3n) is 6.83. The van der Waals surface area contributed by atoms with E-state index in [0.29, 0.717) is 6.07 Å². The van der Waals surface area contributed by atoms with E-state index in [1.165, 1.54) is 0 Å². The molecule has 10 nitrogen and oxygen atoms in total. The summed E-state index contributed by atoms with van der Waals surface area (Å²) in [5.74, 6) is -1.00. The zero-order chi connectivity index (χ0) is 29.2. The van der Waals surface area contributed by atoms with Crippen LogP contribution < -0.4 is 9.80 Å². The lowest BCUT2D eigenvalue weighted by Crippen LogP contribution is -2.31. The Labute approximate surface area is 229 Å². The minimum atomic E-state index is -5.15. The number of phenolic OH excluding ortho intramolecular Hbond substituents is 1. The molecule has 4 N–H and O–H groups in total. The Kier molecular flexibility index (Phi) is 8.98. The number of anilines is 2. The lowest BCUT2D eigenvalue weighted by Gasteiger charge is -2.33. The van der Waals surface area contributed by atoms with Crippen molar-refractivity contribution in [2.75, 3.05) is 36.0 Å². The van der Waals surface area contributed by atoms with E-state index in [0.717, 1.165) is 43.6 Å². The first-order chi connectivity index (χ1) is 18.2. The third-order valence-corrected chi connectivity index (χ3v) is 8.61. The van der Waals surface area contributed by atoms with Gasteiger partial charge in [0, 0.05) is 43.1 Å². The Balaban J connectivity index is 2.39. The molecule has 0 radical (unpaired) electrons. The van der Waals surface area contributed by atoms with Crippen molar-refractivity contribution in [2.45, 2.75) is 43.1 Å². The van der Waals surface area contributed by atoms with Gasteiger partial charge < -0.3 is 20.0 Å². The van der Waals surface area contributed by atoms with E-state index in [2.05, 4.69) is 9.80 Å². The number of phenols is 1. The van der Waals surface area contributed by atoms with Gasteiger partial charge in [0.25, 0.3) is 20.2 Å². The quantitative estimate of drug-likeness (QED) is 0.195. The van der Waals surface area contributed by atoms with Crippen molar-refractivity contribution >= 4 is 31.6 Å². The zero-order valence-electron chi connectivity index (χ0n) is 22.2. The van der Waals surface area contributed by atoms with Crippen molar-refractivity contribution in [1.29, 1.82) is 0 Å². The van der Waals surface area contributed by atoms with Crippen LogP contribution in [0.2, 0.25) is 0 Å². The average molecular weight is 579 g/mol. The maximum atomic E-state index is 12.5. The molecule has 0 aromatic heterocycles. The second-order valence-electron chi connectivity index (χ2n) is 8.91. The Morgan fingerprint density at radius 2 is 1.00 bits per heavy atom. The number of aromatic hydroxyl groups is 1. The SMILES string of the molecule is CCN(CC)c1ccc(C(O)(c2ccc(N(CC)CC)cc2)c2cc(O)c(S(=O)(=O)O)cc2S(=O)(=O)O)cc1. The van der Waals surface area contributed by atoms with Crippen LogP contribution in [-0.4, -0.2) is 62.3 Å². The van der Waals surface area contributed by atoms with Crippen LogP contribution in [0.1, 0.15) is 44.4 Å². The summed E-state index contributed by atoms with van der Waals surface area (Å²) in [5, 5.41) is 22.8. The Morgan fingerprint density at radius 1 is 0.641 bits per heavy atom. The second kappa shape index (κ2) is 11.5. The lowest BCUT2D eigenvalue weighted by molar-refractivity contribution is 0.122. The van der Waals surface area contributed by atoms with Gasteiger partial charge in [-0.25, -0.2) is 0 Å². The number of hydrogen-bond acceptors (Lipinski definition) is 8. The molecule has 3 aromatic rings. The normalized spacial score (nSPS) is 12.4. The maximum absolute atomic E-state index is 12.5. The molecule has 0 aliphatic heterocycles. The Hall–Kier alpha value is -3.16. The van der Waals surface area contributed by atoms with Crippen LogP contribution in [0.3, 0.4) is 0 Å². The zero-order valence-corrected chi connectivity index (χ0v) is 23.9. The molecule has 0 amide bonds. The van der Waals surface area contributed by atoms with Crippen LogP contribution in [0.4, 0.5) is 11.4 Å². The average Bonchev–Trinajstić information content (AvgIpc) is 2.89. The van der Waals surface area contributed by atoms with Crippen molar-refractivity contribution in [3.63, 3.8) is 0 Å². The molecule has 0 saturated heterocycles. The van der Waals surface area contributed by atoms with E-state index in [4.69, 9.17) is 0 Å². The van der Waals surface area contributed by atoms with Crippen molar-refractivity contribution in [3.05, 3.63) is 77.4 Å². The van der Waals surface area contributed by atoms with E-state index in [-0.39, 0.29) is 11.1 Å². The first-order valence-corrected chi connectivity index (χ1v) is 15.4. The van der Waals surface area contributed by atoms with Gasteiger partial charge in [0.05, 0.1) is 0 Å². The predicted octanol–water partition coefficient (Wildman–Crippen LogP) is 3.86. The van der Waals surface area contributed by atoms with E-state index in [1.807, 2.05) is 27.7 Å². The summed E-state index contributed by atoms with van der Waals surface area (Å²) in [6.45, 7) is 10.9. The molecule has 3 aromatic carbocycles. The van der Waals surface area contributed by atoms with Crippen molar-refractivity contribution < 1.29 is 36.2 Å². The molecule has 0 heterocycles. The van der Waals surface area contributed by atoms with Crippen LogP contribution in [-0.2, 0) is 25.8 Å². The number of aliphatic hydroxyl groups is 1. The molecule has 12 heteroatoms. The summed E-state index contributed by atoms with van der Waals surface area (Å²) in [6.07, 6.45) is 0.